The number of carbonyl (C=O) groups is 1. The standard InChI is InChI=1S/C21H32O8/c1-9-4-5-12-10(2)15(23)7-13(14(12)6-9)11(3)20(27)29-21-19(26)18(25)17(24)16(8-22)28-21/h6,10,12-19,21-26H,3-5,7-8H2,1-2H3/t10-,12-,13-,14-,15-,16+,17+,18-,19+,21-/m0/s1. The SMILES string of the molecule is C=C(C(=O)O[C@@H]1O[C@H](CO)[C@@H](O)[C@H](O)[C@H]1O)[C@@H]1C[C@H](O)[C@@H](C)[C@@H]2CCC(C)=C[C@@H]21. The number of hydrogen-bond donors (Lipinski definition) is 5. The van der Waals surface area contributed by atoms with Gasteiger partial charge < -0.3 is 35.0 Å². The molecular weight excluding hydrogens is 380 g/mol. The van der Waals surface area contributed by atoms with Gasteiger partial charge >= 0.3 is 5.97 Å². The van der Waals surface area contributed by atoms with Crippen LogP contribution in [0.3, 0.4) is 0 Å². The summed E-state index contributed by atoms with van der Waals surface area (Å²) in [5.41, 5.74) is 1.42. The van der Waals surface area contributed by atoms with Crippen LogP contribution in [0.25, 0.3) is 0 Å². The zero-order chi connectivity index (χ0) is 21.5. The Morgan fingerprint density at radius 3 is 2.59 bits per heavy atom. The highest BCUT2D eigenvalue weighted by atomic mass is 16.7. The summed E-state index contributed by atoms with van der Waals surface area (Å²) in [6, 6.07) is 0. The molecule has 8 nitrogen and oxygen atoms in total. The molecule has 0 spiro atoms. The van der Waals surface area contributed by atoms with E-state index in [-0.39, 0.29) is 29.2 Å². The molecule has 1 aliphatic heterocycles. The summed E-state index contributed by atoms with van der Waals surface area (Å²) in [7, 11) is 0. The number of aliphatic hydroxyl groups excluding tert-OH is 5. The molecule has 8 heteroatoms. The lowest BCUT2D eigenvalue weighted by molar-refractivity contribution is -0.291. The predicted molar refractivity (Wildman–Crippen MR) is 102 cm³/mol. The summed E-state index contributed by atoms with van der Waals surface area (Å²) >= 11 is 0. The van der Waals surface area contributed by atoms with Gasteiger partial charge in [0.1, 0.15) is 24.4 Å². The predicted octanol–water partition coefficient (Wildman–Crippen LogP) is -0.125. The molecule has 164 valence electrons. The minimum Gasteiger partial charge on any atom is -0.429 e. The number of aliphatic hydroxyl groups is 5. The molecule has 1 heterocycles. The van der Waals surface area contributed by atoms with Gasteiger partial charge in [0.05, 0.1) is 12.7 Å². The normalized spacial score (nSPS) is 45.1. The lowest BCUT2D eigenvalue weighted by atomic mass is 9.60. The lowest BCUT2D eigenvalue weighted by Gasteiger charge is -2.46. The van der Waals surface area contributed by atoms with Crippen LogP contribution in [0.4, 0.5) is 0 Å². The molecule has 0 aromatic heterocycles. The summed E-state index contributed by atoms with van der Waals surface area (Å²) in [5.74, 6) is -0.675. The van der Waals surface area contributed by atoms with Crippen molar-refractivity contribution < 1.29 is 39.8 Å². The first kappa shape index (κ1) is 22.4. The van der Waals surface area contributed by atoms with E-state index in [2.05, 4.69) is 19.6 Å². The minimum absolute atomic E-state index is 0.0667. The highest BCUT2D eigenvalue weighted by Crippen LogP contribution is 2.48. The Balaban J connectivity index is 1.73. The second kappa shape index (κ2) is 8.83. The number of hydrogen-bond acceptors (Lipinski definition) is 8. The van der Waals surface area contributed by atoms with Crippen LogP contribution in [-0.2, 0) is 14.3 Å². The van der Waals surface area contributed by atoms with Crippen molar-refractivity contribution >= 4 is 5.97 Å². The molecule has 1 saturated heterocycles. The van der Waals surface area contributed by atoms with Crippen molar-refractivity contribution in [2.75, 3.05) is 6.61 Å². The molecule has 3 rings (SSSR count). The molecule has 2 aliphatic carbocycles. The third-order valence-corrected chi connectivity index (χ3v) is 6.87. The fraction of sp³-hybridized carbons (Fsp3) is 0.762. The average Bonchev–Trinajstić information content (AvgIpc) is 2.70. The van der Waals surface area contributed by atoms with E-state index in [0.717, 1.165) is 12.8 Å². The van der Waals surface area contributed by atoms with Crippen LogP contribution in [0.2, 0.25) is 0 Å². The highest BCUT2D eigenvalue weighted by molar-refractivity contribution is 5.88. The fourth-order valence-corrected chi connectivity index (χ4v) is 4.94. The quantitative estimate of drug-likeness (QED) is 0.245. The third kappa shape index (κ3) is 4.28. The third-order valence-electron chi connectivity index (χ3n) is 6.87. The first-order chi connectivity index (χ1) is 13.6. The van der Waals surface area contributed by atoms with E-state index in [1.165, 1.54) is 5.57 Å². The Hall–Kier alpha value is -1.29. The van der Waals surface area contributed by atoms with Crippen molar-refractivity contribution in [2.24, 2.45) is 23.7 Å². The van der Waals surface area contributed by atoms with Gasteiger partial charge in [-0.15, -0.1) is 0 Å². The van der Waals surface area contributed by atoms with Gasteiger partial charge in [-0.3, -0.25) is 0 Å². The number of ether oxygens (including phenoxy) is 2. The van der Waals surface area contributed by atoms with E-state index in [9.17, 15) is 30.3 Å². The van der Waals surface area contributed by atoms with Gasteiger partial charge in [-0.05, 0) is 49.9 Å². The maximum Gasteiger partial charge on any atom is 0.336 e. The van der Waals surface area contributed by atoms with Crippen molar-refractivity contribution in [1.29, 1.82) is 0 Å². The summed E-state index contributed by atoms with van der Waals surface area (Å²) in [6.45, 7) is 7.38. The zero-order valence-electron chi connectivity index (χ0n) is 16.8. The van der Waals surface area contributed by atoms with Crippen LogP contribution in [0.5, 0.6) is 0 Å². The van der Waals surface area contributed by atoms with Gasteiger partial charge in [0.2, 0.25) is 6.29 Å². The maximum atomic E-state index is 12.8. The second-order valence-electron chi connectivity index (χ2n) is 8.69. The number of fused-ring (bicyclic) bond motifs is 1. The van der Waals surface area contributed by atoms with Crippen molar-refractivity contribution in [1.82, 2.24) is 0 Å². The number of carbonyl (C=O) groups excluding carboxylic acids is 1. The smallest absolute Gasteiger partial charge is 0.336 e. The Morgan fingerprint density at radius 2 is 1.93 bits per heavy atom. The first-order valence-electron chi connectivity index (χ1n) is 10.2. The van der Waals surface area contributed by atoms with E-state index in [1.54, 1.807) is 0 Å². The molecule has 0 amide bonds. The number of esters is 1. The van der Waals surface area contributed by atoms with E-state index in [0.29, 0.717) is 6.42 Å². The van der Waals surface area contributed by atoms with E-state index >= 15 is 0 Å². The van der Waals surface area contributed by atoms with Crippen molar-refractivity contribution in [3.63, 3.8) is 0 Å². The van der Waals surface area contributed by atoms with Gasteiger partial charge in [-0.2, -0.15) is 0 Å². The molecule has 29 heavy (non-hydrogen) atoms. The Bertz CT molecular complexity index is 659. The van der Waals surface area contributed by atoms with Gasteiger partial charge in [-0.25, -0.2) is 4.79 Å². The van der Waals surface area contributed by atoms with Crippen LogP contribution >= 0.6 is 0 Å². The Kier molecular flexibility index (Phi) is 6.82. The van der Waals surface area contributed by atoms with Crippen LogP contribution in [0.15, 0.2) is 23.8 Å². The molecule has 10 atom stereocenters. The highest BCUT2D eigenvalue weighted by Gasteiger charge is 2.47. The molecule has 0 radical (unpaired) electrons. The number of rotatable bonds is 4. The molecular formula is C21H32O8. The largest absolute Gasteiger partial charge is 0.429 e. The summed E-state index contributed by atoms with van der Waals surface area (Å²) in [5, 5.41) is 49.6. The monoisotopic (exact) mass is 412 g/mol. The average molecular weight is 412 g/mol. The van der Waals surface area contributed by atoms with Crippen LogP contribution in [-0.4, -0.2) is 74.9 Å². The molecule has 3 aliphatic rings. The van der Waals surface area contributed by atoms with Gasteiger partial charge in [-0.1, -0.05) is 25.2 Å². The van der Waals surface area contributed by atoms with Crippen molar-refractivity contribution in [3.8, 4) is 0 Å². The fourth-order valence-electron chi connectivity index (χ4n) is 4.94. The van der Waals surface area contributed by atoms with Crippen LogP contribution in [0, 0.1) is 23.7 Å². The Labute approximate surface area is 170 Å². The minimum atomic E-state index is -1.66. The van der Waals surface area contributed by atoms with Crippen molar-refractivity contribution in [2.45, 2.75) is 69.9 Å². The molecule has 0 aromatic rings. The van der Waals surface area contributed by atoms with Gasteiger partial charge in [0.15, 0.2) is 0 Å². The van der Waals surface area contributed by atoms with Crippen LogP contribution < -0.4 is 0 Å². The zero-order valence-corrected chi connectivity index (χ0v) is 16.8. The van der Waals surface area contributed by atoms with Gasteiger partial charge in [0, 0.05) is 5.57 Å². The Morgan fingerprint density at radius 1 is 1.24 bits per heavy atom. The molecule has 5 N–H and O–H groups in total. The summed E-state index contributed by atoms with van der Waals surface area (Å²) in [4.78, 5) is 12.8. The van der Waals surface area contributed by atoms with E-state index in [4.69, 9.17) is 9.47 Å². The van der Waals surface area contributed by atoms with E-state index < -0.39 is 49.4 Å². The van der Waals surface area contributed by atoms with Crippen LogP contribution in [0.1, 0.15) is 33.1 Å². The molecule has 1 saturated carbocycles. The molecule has 2 fully saturated rings. The van der Waals surface area contributed by atoms with Gasteiger partial charge in [0.25, 0.3) is 0 Å². The molecule has 0 bridgehead atoms. The topological polar surface area (TPSA) is 137 Å². The summed E-state index contributed by atoms with van der Waals surface area (Å²) in [6.07, 6.45) is -3.62. The molecule has 0 unspecified atom stereocenters. The lowest BCUT2D eigenvalue weighted by Crippen LogP contribution is -2.59. The second-order valence-corrected chi connectivity index (χ2v) is 8.69. The van der Waals surface area contributed by atoms with Crippen molar-refractivity contribution in [3.05, 3.63) is 23.8 Å². The first-order valence-corrected chi connectivity index (χ1v) is 10.2. The van der Waals surface area contributed by atoms with E-state index in [1.807, 2.05) is 6.92 Å². The molecule has 0 aromatic carbocycles. The maximum absolute atomic E-state index is 12.8. The number of allylic oxidation sites excluding steroid dienone is 2. The summed E-state index contributed by atoms with van der Waals surface area (Å²) < 4.78 is 10.5.